The summed E-state index contributed by atoms with van der Waals surface area (Å²) in [6.07, 6.45) is 5.60. The first-order chi connectivity index (χ1) is 10.2. The second-order valence-corrected chi connectivity index (χ2v) is 7.92. The van der Waals surface area contributed by atoms with Gasteiger partial charge in [-0.2, -0.15) is 0 Å². The Labute approximate surface area is 137 Å². The highest BCUT2D eigenvalue weighted by Crippen LogP contribution is 2.21. The van der Waals surface area contributed by atoms with Crippen LogP contribution in [0.4, 0.5) is 0 Å². The molecule has 0 aliphatic heterocycles. The monoisotopic (exact) mass is 332 g/mol. The molecule has 0 spiro atoms. The standard InChI is InChI=1S/C16H32O5Si/c1-9-11-17-12-10-16(8)21-22(18-13(2)3,19-14(4)5)20-15(6)7/h1,13-16H,10-12H2,2-8H3. The van der Waals surface area contributed by atoms with Crippen LogP contribution in [0, 0.1) is 12.3 Å². The molecule has 0 aliphatic rings. The fourth-order valence-corrected chi connectivity index (χ4v) is 4.39. The molecule has 0 bridgehead atoms. The Bertz CT molecular complexity index is 298. The summed E-state index contributed by atoms with van der Waals surface area (Å²) in [4.78, 5) is 0. The summed E-state index contributed by atoms with van der Waals surface area (Å²) in [7, 11) is -3.21. The molecular weight excluding hydrogens is 300 g/mol. The minimum atomic E-state index is -3.21. The first-order valence-corrected chi connectivity index (χ1v) is 9.56. The van der Waals surface area contributed by atoms with Gasteiger partial charge < -0.3 is 22.4 Å². The van der Waals surface area contributed by atoms with E-state index in [1.807, 2.05) is 48.5 Å². The molecular formula is C16H32O5Si. The van der Waals surface area contributed by atoms with Gasteiger partial charge in [0.05, 0.1) is 12.7 Å². The van der Waals surface area contributed by atoms with E-state index in [1.54, 1.807) is 0 Å². The van der Waals surface area contributed by atoms with E-state index in [2.05, 4.69) is 5.92 Å². The summed E-state index contributed by atoms with van der Waals surface area (Å²) in [5.41, 5.74) is 0. The number of rotatable bonds is 12. The lowest BCUT2D eigenvalue weighted by Gasteiger charge is -2.34. The van der Waals surface area contributed by atoms with Crippen molar-refractivity contribution < 1.29 is 22.4 Å². The second-order valence-electron chi connectivity index (χ2n) is 5.97. The fraction of sp³-hybridized carbons (Fsp3) is 0.875. The van der Waals surface area contributed by atoms with Gasteiger partial charge in [-0.25, -0.2) is 0 Å². The Morgan fingerprint density at radius 3 is 1.64 bits per heavy atom. The minimum Gasteiger partial charge on any atom is -0.369 e. The van der Waals surface area contributed by atoms with Crippen molar-refractivity contribution in [2.45, 2.75) is 79.3 Å². The highest BCUT2D eigenvalue weighted by molar-refractivity contribution is 6.53. The molecule has 0 aromatic carbocycles. The average molecular weight is 333 g/mol. The fourth-order valence-electron chi connectivity index (χ4n) is 1.72. The Hall–Kier alpha value is -0.423. The van der Waals surface area contributed by atoms with Gasteiger partial charge in [-0.15, -0.1) is 6.42 Å². The summed E-state index contributed by atoms with van der Waals surface area (Å²) < 4.78 is 29.2. The van der Waals surface area contributed by atoms with Gasteiger partial charge in [0.15, 0.2) is 0 Å². The molecule has 0 heterocycles. The summed E-state index contributed by atoms with van der Waals surface area (Å²) in [5.74, 6) is 2.44. The molecule has 0 aromatic rings. The lowest BCUT2D eigenvalue weighted by atomic mass is 10.3. The van der Waals surface area contributed by atoms with E-state index >= 15 is 0 Å². The molecule has 5 nitrogen and oxygen atoms in total. The van der Waals surface area contributed by atoms with Gasteiger partial charge in [0.1, 0.15) is 6.61 Å². The molecule has 130 valence electrons. The van der Waals surface area contributed by atoms with Gasteiger partial charge in [-0.05, 0) is 54.9 Å². The first kappa shape index (κ1) is 21.6. The summed E-state index contributed by atoms with van der Waals surface area (Å²) in [6, 6.07) is 0. The van der Waals surface area contributed by atoms with Gasteiger partial charge in [-0.3, -0.25) is 0 Å². The highest BCUT2D eigenvalue weighted by Gasteiger charge is 2.49. The normalized spacial score (nSPS) is 13.9. The number of terminal acetylenes is 1. The molecule has 0 rings (SSSR count). The third kappa shape index (κ3) is 10.3. The van der Waals surface area contributed by atoms with E-state index in [0.717, 1.165) is 0 Å². The molecule has 0 saturated heterocycles. The van der Waals surface area contributed by atoms with Crippen LogP contribution in [0.25, 0.3) is 0 Å². The molecule has 0 N–H and O–H groups in total. The number of hydrogen-bond donors (Lipinski definition) is 0. The molecule has 0 aliphatic carbocycles. The predicted octanol–water partition coefficient (Wildman–Crippen LogP) is 3.14. The summed E-state index contributed by atoms with van der Waals surface area (Å²) in [5, 5.41) is 0. The smallest absolute Gasteiger partial charge is 0.369 e. The maximum Gasteiger partial charge on any atom is 0.680 e. The van der Waals surface area contributed by atoms with Crippen molar-refractivity contribution in [2.75, 3.05) is 13.2 Å². The highest BCUT2D eigenvalue weighted by atomic mass is 28.4. The van der Waals surface area contributed by atoms with Crippen LogP contribution in [0.15, 0.2) is 0 Å². The van der Waals surface area contributed by atoms with Crippen LogP contribution >= 0.6 is 0 Å². The molecule has 0 saturated carbocycles. The molecule has 0 amide bonds. The van der Waals surface area contributed by atoms with Crippen molar-refractivity contribution in [3.63, 3.8) is 0 Å². The first-order valence-electron chi connectivity index (χ1n) is 7.93. The third-order valence-electron chi connectivity index (χ3n) is 2.34. The van der Waals surface area contributed by atoms with Crippen molar-refractivity contribution in [1.82, 2.24) is 0 Å². The van der Waals surface area contributed by atoms with Crippen LogP contribution in [0.3, 0.4) is 0 Å². The Balaban J connectivity index is 4.82. The van der Waals surface area contributed by atoms with Crippen LogP contribution in [0.5, 0.6) is 0 Å². The van der Waals surface area contributed by atoms with Crippen molar-refractivity contribution in [2.24, 2.45) is 0 Å². The predicted molar refractivity (Wildman–Crippen MR) is 89.2 cm³/mol. The van der Waals surface area contributed by atoms with Gasteiger partial charge in [0.25, 0.3) is 0 Å². The summed E-state index contributed by atoms with van der Waals surface area (Å²) >= 11 is 0. The van der Waals surface area contributed by atoms with Crippen LogP contribution in [-0.2, 0) is 22.4 Å². The minimum absolute atomic E-state index is 0.0472. The van der Waals surface area contributed by atoms with Gasteiger partial charge in [0, 0.05) is 18.3 Å². The Morgan fingerprint density at radius 2 is 1.27 bits per heavy atom. The lowest BCUT2D eigenvalue weighted by molar-refractivity contribution is -0.0914. The van der Waals surface area contributed by atoms with Crippen molar-refractivity contribution >= 4 is 9.05 Å². The van der Waals surface area contributed by atoms with Crippen LogP contribution in [0.2, 0.25) is 0 Å². The van der Waals surface area contributed by atoms with Gasteiger partial charge in [0.2, 0.25) is 0 Å². The number of hydrogen-bond acceptors (Lipinski definition) is 5. The lowest BCUT2D eigenvalue weighted by Crippen LogP contribution is -2.55. The van der Waals surface area contributed by atoms with E-state index < -0.39 is 9.05 Å². The number of ether oxygens (including phenoxy) is 1. The van der Waals surface area contributed by atoms with Crippen LogP contribution in [-0.4, -0.2) is 46.7 Å². The summed E-state index contributed by atoms with van der Waals surface area (Å²) in [6.45, 7) is 14.5. The van der Waals surface area contributed by atoms with E-state index in [4.69, 9.17) is 28.9 Å². The van der Waals surface area contributed by atoms with Crippen LogP contribution < -0.4 is 0 Å². The quantitative estimate of drug-likeness (QED) is 0.312. The zero-order valence-electron chi connectivity index (χ0n) is 15.0. The van der Waals surface area contributed by atoms with Gasteiger partial charge >= 0.3 is 9.05 Å². The molecule has 1 unspecified atom stereocenters. The van der Waals surface area contributed by atoms with E-state index in [0.29, 0.717) is 19.6 Å². The Morgan fingerprint density at radius 1 is 0.818 bits per heavy atom. The third-order valence-corrected chi connectivity index (χ3v) is 5.31. The molecule has 6 heteroatoms. The van der Waals surface area contributed by atoms with E-state index in [-0.39, 0.29) is 24.4 Å². The topological polar surface area (TPSA) is 46.2 Å². The van der Waals surface area contributed by atoms with Crippen molar-refractivity contribution in [1.29, 1.82) is 0 Å². The maximum absolute atomic E-state index is 6.09. The molecule has 0 aromatic heterocycles. The molecule has 0 fully saturated rings. The van der Waals surface area contributed by atoms with Crippen molar-refractivity contribution in [3.8, 4) is 12.3 Å². The average Bonchev–Trinajstić information content (AvgIpc) is 2.31. The van der Waals surface area contributed by atoms with E-state index in [1.165, 1.54) is 0 Å². The second kappa shape index (κ2) is 11.2. The molecule has 0 radical (unpaired) electrons. The SMILES string of the molecule is C#CCOCCC(C)O[Si](OC(C)C)(OC(C)C)OC(C)C. The maximum atomic E-state index is 6.09. The zero-order valence-corrected chi connectivity index (χ0v) is 16.0. The zero-order chi connectivity index (χ0) is 17.2. The molecule has 1 atom stereocenters. The van der Waals surface area contributed by atoms with Crippen LogP contribution in [0.1, 0.15) is 54.9 Å². The Kier molecular flexibility index (Phi) is 11.0. The largest absolute Gasteiger partial charge is 0.680 e. The van der Waals surface area contributed by atoms with Crippen molar-refractivity contribution in [3.05, 3.63) is 0 Å². The van der Waals surface area contributed by atoms with E-state index in [9.17, 15) is 0 Å². The van der Waals surface area contributed by atoms with Gasteiger partial charge in [-0.1, -0.05) is 5.92 Å². The molecule has 22 heavy (non-hydrogen) atoms.